The first-order valence-electron chi connectivity index (χ1n) is 7.36. The molecule has 0 unspecified atom stereocenters. The maximum absolute atomic E-state index is 12.2. The largest absolute Gasteiger partial charge is 0.492 e. The van der Waals surface area contributed by atoms with Gasteiger partial charge in [-0.3, -0.25) is 9.59 Å². The number of hydrogen-bond donors (Lipinski definition) is 1. The SMILES string of the molecule is CCOc1ccccc1NC(=O)CN(CCN(C)C)C(C)=O. The third kappa shape index (κ3) is 6.13. The van der Waals surface area contributed by atoms with Crippen molar-refractivity contribution >= 4 is 17.5 Å². The van der Waals surface area contributed by atoms with Gasteiger partial charge in [0.25, 0.3) is 0 Å². The van der Waals surface area contributed by atoms with E-state index < -0.39 is 0 Å². The van der Waals surface area contributed by atoms with Crippen molar-refractivity contribution in [2.24, 2.45) is 0 Å². The van der Waals surface area contributed by atoms with E-state index in [0.29, 0.717) is 31.1 Å². The van der Waals surface area contributed by atoms with Gasteiger partial charge in [-0.2, -0.15) is 0 Å². The van der Waals surface area contributed by atoms with Crippen LogP contribution in [0.5, 0.6) is 5.75 Å². The van der Waals surface area contributed by atoms with Gasteiger partial charge in [-0.1, -0.05) is 12.1 Å². The number of nitrogens with zero attached hydrogens (tertiary/aromatic N) is 2. The third-order valence-electron chi connectivity index (χ3n) is 3.06. The number of benzene rings is 1. The van der Waals surface area contributed by atoms with Crippen LogP contribution in [0.2, 0.25) is 0 Å². The summed E-state index contributed by atoms with van der Waals surface area (Å²) in [5, 5.41) is 2.80. The van der Waals surface area contributed by atoms with E-state index in [1.54, 1.807) is 12.1 Å². The zero-order valence-electron chi connectivity index (χ0n) is 13.8. The van der Waals surface area contributed by atoms with E-state index in [0.717, 1.165) is 0 Å². The average molecular weight is 307 g/mol. The molecule has 0 heterocycles. The van der Waals surface area contributed by atoms with Crippen LogP contribution in [0.3, 0.4) is 0 Å². The summed E-state index contributed by atoms with van der Waals surface area (Å²) < 4.78 is 5.47. The van der Waals surface area contributed by atoms with E-state index in [9.17, 15) is 9.59 Å². The minimum absolute atomic E-state index is 0.0314. The fourth-order valence-corrected chi connectivity index (χ4v) is 1.88. The van der Waals surface area contributed by atoms with Crippen molar-refractivity contribution < 1.29 is 14.3 Å². The fraction of sp³-hybridized carbons (Fsp3) is 0.500. The van der Waals surface area contributed by atoms with E-state index in [1.807, 2.05) is 38.1 Å². The first-order chi connectivity index (χ1) is 10.4. The number of carbonyl (C=O) groups excluding carboxylic acids is 2. The molecule has 0 aliphatic rings. The van der Waals surface area contributed by atoms with Gasteiger partial charge in [0, 0.05) is 20.0 Å². The molecule has 0 fully saturated rings. The number of hydrogen-bond acceptors (Lipinski definition) is 4. The molecule has 0 aliphatic carbocycles. The van der Waals surface area contributed by atoms with Crippen LogP contribution in [-0.2, 0) is 9.59 Å². The quantitative estimate of drug-likeness (QED) is 0.789. The van der Waals surface area contributed by atoms with Crippen LogP contribution in [0.15, 0.2) is 24.3 Å². The van der Waals surface area contributed by atoms with Crippen LogP contribution < -0.4 is 10.1 Å². The predicted octanol–water partition coefficient (Wildman–Crippen LogP) is 1.43. The van der Waals surface area contributed by atoms with E-state index >= 15 is 0 Å². The van der Waals surface area contributed by atoms with Crippen LogP contribution in [0, 0.1) is 0 Å². The molecule has 122 valence electrons. The molecule has 0 radical (unpaired) electrons. The summed E-state index contributed by atoms with van der Waals surface area (Å²) >= 11 is 0. The number of rotatable bonds is 8. The molecule has 1 aromatic rings. The monoisotopic (exact) mass is 307 g/mol. The van der Waals surface area contributed by atoms with Crippen LogP contribution in [-0.4, -0.2) is 62.0 Å². The minimum atomic E-state index is -0.235. The molecule has 0 bridgehead atoms. The van der Waals surface area contributed by atoms with Gasteiger partial charge in [-0.15, -0.1) is 0 Å². The molecule has 1 N–H and O–H groups in total. The van der Waals surface area contributed by atoms with E-state index in [4.69, 9.17) is 4.74 Å². The summed E-state index contributed by atoms with van der Waals surface area (Å²) in [5.41, 5.74) is 0.616. The predicted molar refractivity (Wildman–Crippen MR) is 87.0 cm³/mol. The Kier molecular flexibility index (Phi) is 7.39. The molecule has 0 saturated carbocycles. The molecule has 6 nitrogen and oxygen atoms in total. The standard InChI is InChI=1S/C16H25N3O3/c1-5-22-15-9-7-6-8-14(15)17-16(21)12-19(13(2)20)11-10-18(3)4/h6-9H,5,10-12H2,1-4H3,(H,17,21). The van der Waals surface area contributed by atoms with E-state index in [-0.39, 0.29) is 18.4 Å². The maximum atomic E-state index is 12.2. The zero-order valence-corrected chi connectivity index (χ0v) is 13.8. The average Bonchev–Trinajstić information content (AvgIpc) is 2.45. The van der Waals surface area contributed by atoms with Crippen molar-refractivity contribution in [1.29, 1.82) is 0 Å². The smallest absolute Gasteiger partial charge is 0.244 e. The highest BCUT2D eigenvalue weighted by Gasteiger charge is 2.15. The Bertz CT molecular complexity index is 503. The van der Waals surface area contributed by atoms with Crippen LogP contribution >= 0.6 is 0 Å². The second-order valence-corrected chi connectivity index (χ2v) is 5.22. The van der Waals surface area contributed by atoms with E-state index in [2.05, 4.69) is 5.32 Å². The Morgan fingerprint density at radius 1 is 1.18 bits per heavy atom. The van der Waals surface area contributed by atoms with Crippen LogP contribution in [0.1, 0.15) is 13.8 Å². The Labute approximate surface area is 132 Å². The Morgan fingerprint density at radius 2 is 1.86 bits per heavy atom. The normalized spacial score (nSPS) is 10.4. The first-order valence-corrected chi connectivity index (χ1v) is 7.36. The van der Waals surface area contributed by atoms with Gasteiger partial charge >= 0.3 is 0 Å². The Morgan fingerprint density at radius 3 is 2.45 bits per heavy atom. The molecule has 22 heavy (non-hydrogen) atoms. The van der Waals surface area contributed by atoms with Crippen LogP contribution in [0.4, 0.5) is 5.69 Å². The molecule has 0 atom stereocenters. The molecule has 6 heteroatoms. The van der Waals surface area contributed by atoms with Gasteiger partial charge in [0.15, 0.2) is 0 Å². The molecular weight excluding hydrogens is 282 g/mol. The molecule has 1 aromatic carbocycles. The summed E-state index contributed by atoms with van der Waals surface area (Å²) in [7, 11) is 3.85. The lowest BCUT2D eigenvalue weighted by molar-refractivity contribution is -0.132. The highest BCUT2D eigenvalue weighted by molar-refractivity contribution is 5.95. The zero-order chi connectivity index (χ0) is 16.5. The second-order valence-electron chi connectivity index (χ2n) is 5.22. The van der Waals surface area contributed by atoms with Crippen molar-refractivity contribution in [1.82, 2.24) is 9.80 Å². The highest BCUT2D eigenvalue weighted by Crippen LogP contribution is 2.23. The van der Waals surface area contributed by atoms with Crippen LogP contribution in [0.25, 0.3) is 0 Å². The fourth-order valence-electron chi connectivity index (χ4n) is 1.88. The highest BCUT2D eigenvalue weighted by atomic mass is 16.5. The van der Waals surface area contributed by atoms with Gasteiger partial charge in [0.05, 0.1) is 18.8 Å². The summed E-state index contributed by atoms with van der Waals surface area (Å²) in [4.78, 5) is 27.3. The van der Waals surface area contributed by atoms with Gasteiger partial charge in [-0.25, -0.2) is 0 Å². The molecule has 0 aliphatic heterocycles. The van der Waals surface area contributed by atoms with Crippen molar-refractivity contribution in [3.63, 3.8) is 0 Å². The number of carbonyl (C=O) groups is 2. The summed E-state index contributed by atoms with van der Waals surface area (Å²) in [6.45, 7) is 5.14. The lowest BCUT2D eigenvalue weighted by atomic mass is 10.3. The number of anilines is 1. The maximum Gasteiger partial charge on any atom is 0.244 e. The molecule has 2 amide bonds. The van der Waals surface area contributed by atoms with Gasteiger partial charge in [-0.05, 0) is 33.2 Å². The molecule has 0 spiro atoms. The molecule has 0 aromatic heterocycles. The Balaban J connectivity index is 2.65. The number of nitrogens with one attached hydrogen (secondary N) is 1. The van der Waals surface area contributed by atoms with Crippen molar-refractivity contribution in [2.45, 2.75) is 13.8 Å². The van der Waals surface area contributed by atoms with Gasteiger partial charge in [0.2, 0.25) is 11.8 Å². The lowest BCUT2D eigenvalue weighted by Gasteiger charge is -2.22. The number of para-hydroxylation sites is 2. The summed E-state index contributed by atoms with van der Waals surface area (Å²) in [5.74, 6) is 0.275. The third-order valence-corrected chi connectivity index (χ3v) is 3.06. The van der Waals surface area contributed by atoms with Gasteiger partial charge in [0.1, 0.15) is 5.75 Å². The number of likely N-dealkylation sites (N-methyl/N-ethyl adjacent to an activating group) is 1. The van der Waals surface area contributed by atoms with Crippen molar-refractivity contribution in [3.05, 3.63) is 24.3 Å². The van der Waals surface area contributed by atoms with E-state index in [1.165, 1.54) is 11.8 Å². The lowest BCUT2D eigenvalue weighted by Crippen LogP contribution is -2.40. The Hall–Kier alpha value is -2.08. The number of amides is 2. The molecular formula is C16H25N3O3. The minimum Gasteiger partial charge on any atom is -0.492 e. The van der Waals surface area contributed by atoms with Gasteiger partial charge < -0.3 is 19.9 Å². The molecule has 1 rings (SSSR count). The van der Waals surface area contributed by atoms with Crippen molar-refractivity contribution in [3.8, 4) is 5.75 Å². The summed E-state index contributed by atoms with van der Waals surface area (Å²) in [6, 6.07) is 7.25. The summed E-state index contributed by atoms with van der Waals surface area (Å²) in [6.07, 6.45) is 0. The second kappa shape index (κ2) is 9.04. The first kappa shape index (κ1) is 18.0. The number of ether oxygens (including phenoxy) is 1. The van der Waals surface area contributed by atoms with Crippen molar-refractivity contribution in [2.75, 3.05) is 45.7 Å². The molecule has 0 saturated heterocycles. The topological polar surface area (TPSA) is 61.9 Å².